The maximum Gasteiger partial charge on any atom is 0.338 e. The van der Waals surface area contributed by atoms with Gasteiger partial charge in [-0.1, -0.05) is 18.2 Å². The van der Waals surface area contributed by atoms with E-state index in [4.69, 9.17) is 4.74 Å². The van der Waals surface area contributed by atoms with Crippen LogP contribution >= 0.6 is 0 Å². The molecule has 1 aromatic rings. The standard InChI is InChI=1S/C17H23NO4S/c1-12(2)22-17(19)16-10-15(9-8-13(16)3)23(20,21)18-11-14-6-4-5-7-14/h4-5,8-10,12,14,18H,6-7,11H2,1-3H3. The van der Waals surface area contributed by atoms with E-state index >= 15 is 0 Å². The lowest BCUT2D eigenvalue weighted by atomic mass is 10.1. The highest BCUT2D eigenvalue weighted by Gasteiger charge is 2.21. The molecule has 2 rings (SSSR count). The van der Waals surface area contributed by atoms with Crippen LogP contribution < -0.4 is 4.72 Å². The van der Waals surface area contributed by atoms with Crippen LogP contribution in [0.2, 0.25) is 0 Å². The zero-order valence-electron chi connectivity index (χ0n) is 13.7. The van der Waals surface area contributed by atoms with Crippen LogP contribution in [0, 0.1) is 12.8 Å². The van der Waals surface area contributed by atoms with Gasteiger partial charge in [0.15, 0.2) is 0 Å². The largest absolute Gasteiger partial charge is 0.459 e. The average molecular weight is 337 g/mol. The molecule has 0 radical (unpaired) electrons. The normalized spacial score (nSPS) is 15.3. The molecule has 0 amide bonds. The van der Waals surface area contributed by atoms with Crippen molar-refractivity contribution < 1.29 is 17.9 Å². The number of esters is 1. The number of benzene rings is 1. The maximum atomic E-state index is 12.4. The van der Waals surface area contributed by atoms with Crippen molar-refractivity contribution in [2.75, 3.05) is 6.54 Å². The van der Waals surface area contributed by atoms with Gasteiger partial charge in [0.05, 0.1) is 16.6 Å². The number of nitrogens with one attached hydrogen (secondary N) is 1. The van der Waals surface area contributed by atoms with Crippen LogP contribution in [0.4, 0.5) is 0 Å². The molecule has 0 fully saturated rings. The molecule has 1 aromatic carbocycles. The van der Waals surface area contributed by atoms with E-state index in [0.717, 1.165) is 12.8 Å². The van der Waals surface area contributed by atoms with Crippen LogP contribution in [0.5, 0.6) is 0 Å². The maximum absolute atomic E-state index is 12.4. The summed E-state index contributed by atoms with van der Waals surface area (Å²) >= 11 is 0. The average Bonchev–Trinajstić information content (AvgIpc) is 2.98. The Labute approximate surface area is 137 Å². The summed E-state index contributed by atoms with van der Waals surface area (Å²) in [6.45, 7) is 5.66. The van der Waals surface area contributed by atoms with Crippen molar-refractivity contribution in [3.05, 3.63) is 41.5 Å². The van der Waals surface area contributed by atoms with Gasteiger partial charge in [0.25, 0.3) is 0 Å². The van der Waals surface area contributed by atoms with E-state index < -0.39 is 16.0 Å². The first-order valence-electron chi connectivity index (χ1n) is 7.76. The van der Waals surface area contributed by atoms with Crippen LogP contribution in [-0.4, -0.2) is 27.0 Å². The molecule has 0 spiro atoms. The second kappa shape index (κ2) is 7.27. The predicted molar refractivity (Wildman–Crippen MR) is 88.8 cm³/mol. The summed E-state index contributed by atoms with van der Waals surface area (Å²) in [6, 6.07) is 4.52. The van der Waals surface area contributed by atoms with Gasteiger partial charge in [0, 0.05) is 6.54 Å². The van der Waals surface area contributed by atoms with Crippen molar-refractivity contribution in [2.24, 2.45) is 5.92 Å². The van der Waals surface area contributed by atoms with Crippen LogP contribution in [0.25, 0.3) is 0 Å². The van der Waals surface area contributed by atoms with Crippen LogP contribution in [0.3, 0.4) is 0 Å². The third kappa shape index (κ3) is 4.65. The highest BCUT2D eigenvalue weighted by atomic mass is 32.2. The summed E-state index contributed by atoms with van der Waals surface area (Å²) in [7, 11) is -3.63. The molecule has 126 valence electrons. The van der Waals surface area contributed by atoms with Crippen molar-refractivity contribution >= 4 is 16.0 Å². The quantitative estimate of drug-likeness (QED) is 0.640. The van der Waals surface area contributed by atoms with Gasteiger partial charge in [-0.2, -0.15) is 0 Å². The SMILES string of the molecule is Cc1ccc(S(=O)(=O)NCC2CC=CC2)cc1C(=O)OC(C)C. The second-order valence-corrected chi connectivity index (χ2v) is 7.86. The van der Waals surface area contributed by atoms with Crippen LogP contribution in [0.1, 0.15) is 42.6 Å². The molecule has 23 heavy (non-hydrogen) atoms. The number of hydrogen-bond acceptors (Lipinski definition) is 4. The molecule has 0 saturated carbocycles. The molecule has 0 heterocycles. The minimum Gasteiger partial charge on any atom is -0.459 e. The highest BCUT2D eigenvalue weighted by molar-refractivity contribution is 7.89. The number of ether oxygens (including phenoxy) is 1. The molecule has 0 saturated heterocycles. The van der Waals surface area contributed by atoms with Gasteiger partial charge in [-0.15, -0.1) is 0 Å². The van der Waals surface area contributed by atoms with E-state index in [2.05, 4.69) is 16.9 Å². The molecule has 1 aliphatic rings. The van der Waals surface area contributed by atoms with Gasteiger partial charge >= 0.3 is 5.97 Å². The number of allylic oxidation sites excluding steroid dienone is 2. The zero-order chi connectivity index (χ0) is 17.0. The molecule has 0 bridgehead atoms. The highest BCUT2D eigenvalue weighted by Crippen LogP contribution is 2.20. The first kappa shape index (κ1) is 17.7. The summed E-state index contributed by atoms with van der Waals surface area (Å²) in [5.74, 6) is -0.199. The van der Waals surface area contributed by atoms with Gasteiger partial charge in [-0.3, -0.25) is 0 Å². The van der Waals surface area contributed by atoms with E-state index in [1.165, 1.54) is 12.1 Å². The molecule has 0 aliphatic heterocycles. The monoisotopic (exact) mass is 337 g/mol. The minimum absolute atomic E-state index is 0.0877. The Bertz CT molecular complexity index is 699. The number of rotatable bonds is 6. The fraction of sp³-hybridized carbons (Fsp3) is 0.471. The summed E-state index contributed by atoms with van der Waals surface area (Å²) in [6.07, 6.45) is 5.65. The second-order valence-electron chi connectivity index (χ2n) is 6.09. The van der Waals surface area contributed by atoms with Crippen molar-refractivity contribution in [3.63, 3.8) is 0 Å². The Morgan fingerprint density at radius 3 is 2.57 bits per heavy atom. The molecule has 0 atom stereocenters. The molecule has 1 N–H and O–H groups in total. The molecule has 0 unspecified atom stereocenters. The molecular formula is C17H23NO4S. The summed E-state index contributed by atoms with van der Waals surface area (Å²) in [4.78, 5) is 12.2. The summed E-state index contributed by atoms with van der Waals surface area (Å²) in [5.41, 5.74) is 0.971. The van der Waals surface area contributed by atoms with E-state index in [1.807, 2.05) is 0 Å². The predicted octanol–water partition coefficient (Wildman–Crippen LogP) is 2.80. The Hall–Kier alpha value is -1.66. The third-order valence-electron chi connectivity index (χ3n) is 3.75. The first-order chi connectivity index (χ1) is 10.8. The fourth-order valence-electron chi connectivity index (χ4n) is 2.42. The van der Waals surface area contributed by atoms with Crippen molar-refractivity contribution in [3.8, 4) is 0 Å². The van der Waals surface area contributed by atoms with Gasteiger partial charge in [0.2, 0.25) is 10.0 Å². The third-order valence-corrected chi connectivity index (χ3v) is 5.17. The van der Waals surface area contributed by atoms with E-state index in [0.29, 0.717) is 18.0 Å². The summed E-state index contributed by atoms with van der Waals surface area (Å²) in [5, 5.41) is 0. The Balaban J connectivity index is 2.16. The molecule has 0 aromatic heterocycles. The first-order valence-corrected chi connectivity index (χ1v) is 9.24. The van der Waals surface area contributed by atoms with Crippen LogP contribution in [-0.2, 0) is 14.8 Å². The lowest BCUT2D eigenvalue weighted by molar-refractivity contribution is 0.0377. The lowest BCUT2D eigenvalue weighted by Crippen LogP contribution is -2.29. The fourth-order valence-corrected chi connectivity index (χ4v) is 3.56. The number of hydrogen-bond donors (Lipinski definition) is 1. The Morgan fingerprint density at radius 2 is 1.96 bits per heavy atom. The molecule has 6 heteroatoms. The smallest absolute Gasteiger partial charge is 0.338 e. The van der Waals surface area contributed by atoms with E-state index in [9.17, 15) is 13.2 Å². The van der Waals surface area contributed by atoms with Gasteiger partial charge < -0.3 is 4.74 Å². The van der Waals surface area contributed by atoms with Crippen molar-refractivity contribution in [1.29, 1.82) is 0 Å². The molecule has 1 aliphatic carbocycles. The minimum atomic E-state index is -3.63. The zero-order valence-corrected chi connectivity index (χ0v) is 14.5. The van der Waals surface area contributed by atoms with E-state index in [1.54, 1.807) is 26.8 Å². The van der Waals surface area contributed by atoms with E-state index in [-0.39, 0.29) is 16.6 Å². The summed E-state index contributed by atoms with van der Waals surface area (Å²) < 4.78 is 32.6. The van der Waals surface area contributed by atoms with Crippen LogP contribution in [0.15, 0.2) is 35.2 Å². The van der Waals surface area contributed by atoms with Gasteiger partial charge in [-0.05, 0) is 57.2 Å². The number of sulfonamides is 1. The molecule has 5 nitrogen and oxygen atoms in total. The number of carbonyl (C=O) groups excluding carboxylic acids is 1. The number of aryl methyl sites for hydroxylation is 1. The lowest BCUT2D eigenvalue weighted by Gasteiger charge is -2.14. The molecular weight excluding hydrogens is 314 g/mol. The van der Waals surface area contributed by atoms with Gasteiger partial charge in [0.1, 0.15) is 0 Å². The van der Waals surface area contributed by atoms with Crippen molar-refractivity contribution in [2.45, 2.75) is 44.6 Å². The Morgan fingerprint density at radius 1 is 1.30 bits per heavy atom. The Kier molecular flexibility index (Phi) is 5.59. The topological polar surface area (TPSA) is 72.5 Å². The number of carbonyl (C=O) groups is 1. The van der Waals surface area contributed by atoms with Gasteiger partial charge in [-0.25, -0.2) is 17.9 Å². The van der Waals surface area contributed by atoms with Crippen molar-refractivity contribution in [1.82, 2.24) is 4.72 Å².